The van der Waals surface area contributed by atoms with Crippen LogP contribution in [0.15, 0.2) is 5.38 Å². The van der Waals surface area contributed by atoms with E-state index in [0.717, 1.165) is 0 Å². The Labute approximate surface area is 135 Å². The second-order valence-corrected chi connectivity index (χ2v) is 6.08. The van der Waals surface area contributed by atoms with Crippen molar-refractivity contribution in [3.63, 3.8) is 0 Å². The molecule has 0 radical (unpaired) electrons. The van der Waals surface area contributed by atoms with Crippen molar-refractivity contribution >= 4 is 23.2 Å². The molecule has 1 rings (SSSR count). The molecule has 0 spiro atoms. The van der Waals surface area contributed by atoms with E-state index in [1.807, 2.05) is 0 Å². The van der Waals surface area contributed by atoms with Gasteiger partial charge in [0.05, 0.1) is 6.42 Å². The van der Waals surface area contributed by atoms with Gasteiger partial charge in [0.25, 0.3) is 0 Å². The fourth-order valence-corrected chi connectivity index (χ4v) is 2.58. The molecule has 1 atom stereocenters. The summed E-state index contributed by atoms with van der Waals surface area (Å²) in [4.78, 5) is 28.0. The van der Waals surface area contributed by atoms with Crippen LogP contribution in [0, 0.1) is 6.92 Å². The SMILES string of the molecule is Cc1csc(C(O)(CC(=O)NCCC(=O)N(C)C)C(F)(F)F)n1. The predicted octanol–water partition coefficient (Wildman–Crippen LogP) is 1.19. The average Bonchev–Trinajstić information content (AvgIpc) is 2.84. The Bertz CT molecular complexity index is 574. The van der Waals surface area contributed by atoms with E-state index in [0.29, 0.717) is 17.0 Å². The average molecular weight is 353 g/mol. The molecule has 0 aliphatic rings. The molecule has 0 aliphatic carbocycles. The lowest BCUT2D eigenvalue weighted by atomic mass is 9.99. The van der Waals surface area contributed by atoms with Gasteiger partial charge in [-0.05, 0) is 6.92 Å². The number of carbonyl (C=O) groups is 2. The Morgan fingerprint density at radius 3 is 2.43 bits per heavy atom. The van der Waals surface area contributed by atoms with E-state index in [1.54, 1.807) is 0 Å². The van der Waals surface area contributed by atoms with Crippen LogP contribution in [0.2, 0.25) is 0 Å². The van der Waals surface area contributed by atoms with Crippen LogP contribution in [-0.4, -0.2) is 53.6 Å². The van der Waals surface area contributed by atoms with Crippen molar-refractivity contribution in [2.45, 2.75) is 31.5 Å². The van der Waals surface area contributed by atoms with Crippen LogP contribution in [0.25, 0.3) is 0 Å². The number of aliphatic hydroxyl groups is 1. The first-order valence-corrected chi connectivity index (χ1v) is 7.54. The van der Waals surface area contributed by atoms with Crippen molar-refractivity contribution < 1.29 is 27.9 Å². The lowest BCUT2D eigenvalue weighted by Gasteiger charge is -2.27. The highest BCUT2D eigenvalue weighted by molar-refractivity contribution is 7.09. The molecule has 23 heavy (non-hydrogen) atoms. The lowest BCUT2D eigenvalue weighted by Crippen LogP contribution is -2.46. The molecule has 6 nitrogen and oxygen atoms in total. The molecule has 1 heterocycles. The summed E-state index contributed by atoms with van der Waals surface area (Å²) in [5.74, 6) is -1.28. The first kappa shape index (κ1) is 19.4. The van der Waals surface area contributed by atoms with Gasteiger partial charge in [-0.25, -0.2) is 4.98 Å². The van der Waals surface area contributed by atoms with Gasteiger partial charge in [0.1, 0.15) is 5.01 Å². The number of halogens is 3. The minimum Gasteiger partial charge on any atom is -0.374 e. The van der Waals surface area contributed by atoms with Crippen molar-refractivity contribution in [1.82, 2.24) is 15.2 Å². The maximum Gasteiger partial charge on any atom is 0.424 e. The third-order valence-electron chi connectivity index (χ3n) is 3.02. The van der Waals surface area contributed by atoms with Gasteiger partial charge in [0.15, 0.2) is 0 Å². The molecule has 0 saturated heterocycles. The Morgan fingerprint density at radius 2 is 2.00 bits per heavy atom. The normalized spacial score (nSPS) is 14.2. The quantitative estimate of drug-likeness (QED) is 0.805. The monoisotopic (exact) mass is 353 g/mol. The summed E-state index contributed by atoms with van der Waals surface area (Å²) in [7, 11) is 3.05. The van der Waals surface area contributed by atoms with Gasteiger partial charge in [-0.3, -0.25) is 9.59 Å². The third kappa shape index (κ3) is 4.90. The van der Waals surface area contributed by atoms with E-state index < -0.39 is 29.1 Å². The molecule has 0 bridgehead atoms. The lowest BCUT2D eigenvalue weighted by molar-refractivity contribution is -0.267. The fourth-order valence-electron chi connectivity index (χ4n) is 1.67. The summed E-state index contributed by atoms with van der Waals surface area (Å²) in [6.07, 6.45) is -6.30. The molecule has 2 N–H and O–H groups in total. The van der Waals surface area contributed by atoms with E-state index in [1.165, 1.54) is 31.3 Å². The van der Waals surface area contributed by atoms with E-state index in [-0.39, 0.29) is 18.9 Å². The number of carbonyl (C=O) groups excluding carboxylic acids is 2. The number of amides is 2. The maximum absolute atomic E-state index is 13.2. The Hall–Kier alpha value is -1.68. The highest BCUT2D eigenvalue weighted by Gasteiger charge is 2.58. The number of alkyl halides is 3. The summed E-state index contributed by atoms with van der Waals surface area (Å²) >= 11 is 0.636. The van der Waals surface area contributed by atoms with Gasteiger partial charge < -0.3 is 15.3 Å². The standard InChI is InChI=1S/C13H18F3N3O3S/c1-8-7-23-11(18-8)12(22,13(14,15)16)6-9(20)17-5-4-10(21)19(2)3/h7,22H,4-6H2,1-3H3,(H,17,20). The molecule has 0 aromatic carbocycles. The third-order valence-corrected chi connectivity index (χ3v) is 4.13. The Kier molecular flexibility index (Phi) is 6.11. The molecule has 0 saturated carbocycles. The van der Waals surface area contributed by atoms with Crippen LogP contribution in [-0.2, 0) is 15.2 Å². The zero-order chi connectivity index (χ0) is 17.8. The minimum atomic E-state index is -5.05. The number of nitrogens with one attached hydrogen (secondary N) is 1. The van der Waals surface area contributed by atoms with Gasteiger partial charge in [0, 0.05) is 38.1 Å². The first-order chi connectivity index (χ1) is 10.5. The fraction of sp³-hybridized carbons (Fsp3) is 0.615. The number of rotatable bonds is 6. The number of nitrogens with zero attached hydrogens (tertiary/aromatic N) is 2. The summed E-state index contributed by atoms with van der Waals surface area (Å²) in [6.45, 7) is 1.38. The topological polar surface area (TPSA) is 82.5 Å². The largest absolute Gasteiger partial charge is 0.424 e. The van der Waals surface area contributed by atoms with Crippen molar-refractivity contribution in [3.05, 3.63) is 16.1 Å². The molecular formula is C13H18F3N3O3S. The van der Waals surface area contributed by atoms with Gasteiger partial charge >= 0.3 is 6.18 Å². The predicted molar refractivity (Wildman–Crippen MR) is 77.7 cm³/mol. The smallest absolute Gasteiger partial charge is 0.374 e. The number of aryl methyl sites for hydroxylation is 1. The molecular weight excluding hydrogens is 335 g/mol. The van der Waals surface area contributed by atoms with Crippen LogP contribution in [0.1, 0.15) is 23.5 Å². The van der Waals surface area contributed by atoms with E-state index >= 15 is 0 Å². The van der Waals surface area contributed by atoms with Crippen molar-refractivity contribution in [2.24, 2.45) is 0 Å². The summed E-state index contributed by atoms with van der Waals surface area (Å²) in [5.41, 5.74) is -3.02. The van der Waals surface area contributed by atoms with Crippen molar-refractivity contribution in [3.8, 4) is 0 Å². The summed E-state index contributed by atoms with van der Waals surface area (Å²) < 4.78 is 39.6. The van der Waals surface area contributed by atoms with Crippen LogP contribution >= 0.6 is 11.3 Å². The van der Waals surface area contributed by atoms with Gasteiger partial charge in [-0.1, -0.05) is 0 Å². The summed E-state index contributed by atoms with van der Waals surface area (Å²) in [5, 5.41) is 13.0. The molecule has 2 amide bonds. The van der Waals surface area contributed by atoms with Crippen LogP contribution in [0.5, 0.6) is 0 Å². The molecule has 1 aromatic rings. The van der Waals surface area contributed by atoms with Crippen LogP contribution in [0.4, 0.5) is 13.2 Å². The molecule has 130 valence electrons. The summed E-state index contributed by atoms with van der Waals surface area (Å²) in [6, 6.07) is 0. The molecule has 0 fully saturated rings. The van der Waals surface area contributed by atoms with Gasteiger partial charge in [-0.2, -0.15) is 13.2 Å². The van der Waals surface area contributed by atoms with Crippen molar-refractivity contribution in [2.75, 3.05) is 20.6 Å². The Balaban J connectivity index is 2.76. The van der Waals surface area contributed by atoms with E-state index in [9.17, 15) is 27.9 Å². The Morgan fingerprint density at radius 1 is 1.39 bits per heavy atom. The van der Waals surface area contributed by atoms with Gasteiger partial charge in [0.2, 0.25) is 17.4 Å². The molecule has 1 unspecified atom stereocenters. The number of hydrogen-bond acceptors (Lipinski definition) is 5. The van der Waals surface area contributed by atoms with Crippen LogP contribution in [0.3, 0.4) is 0 Å². The number of hydrogen-bond donors (Lipinski definition) is 2. The van der Waals surface area contributed by atoms with Crippen molar-refractivity contribution in [1.29, 1.82) is 0 Å². The maximum atomic E-state index is 13.2. The first-order valence-electron chi connectivity index (χ1n) is 6.66. The van der Waals surface area contributed by atoms with E-state index in [4.69, 9.17) is 0 Å². The highest BCUT2D eigenvalue weighted by Crippen LogP contribution is 2.42. The number of aromatic nitrogens is 1. The van der Waals surface area contributed by atoms with E-state index in [2.05, 4.69) is 10.3 Å². The minimum absolute atomic E-state index is 0.0421. The molecule has 0 aliphatic heterocycles. The highest BCUT2D eigenvalue weighted by atomic mass is 32.1. The number of thiazole rings is 1. The zero-order valence-corrected chi connectivity index (χ0v) is 13.7. The molecule has 10 heteroatoms. The van der Waals surface area contributed by atoms with Crippen LogP contribution < -0.4 is 5.32 Å². The second-order valence-electron chi connectivity index (χ2n) is 5.22. The molecule has 1 aromatic heterocycles. The second kappa shape index (κ2) is 7.26. The van der Waals surface area contributed by atoms with Gasteiger partial charge in [-0.15, -0.1) is 11.3 Å². The zero-order valence-electron chi connectivity index (χ0n) is 12.9.